The maximum atomic E-state index is 11.8. The summed E-state index contributed by atoms with van der Waals surface area (Å²) >= 11 is 0. The zero-order valence-corrected chi connectivity index (χ0v) is 17.7. The lowest BCUT2D eigenvalue weighted by molar-refractivity contribution is -0.132. The van der Waals surface area contributed by atoms with E-state index in [1.807, 2.05) is 25.1 Å². The molecule has 0 saturated heterocycles. The number of hydrogen-bond acceptors (Lipinski definition) is 5. The number of aryl methyl sites for hydroxylation is 1. The smallest absolute Gasteiger partial charge is 0.308 e. The summed E-state index contributed by atoms with van der Waals surface area (Å²) in [5.41, 5.74) is 3.13. The summed E-state index contributed by atoms with van der Waals surface area (Å²) in [5.74, 6) is -0.571. The summed E-state index contributed by atoms with van der Waals surface area (Å²) in [6.45, 7) is 10.7. The monoisotopic (exact) mass is 398 g/mol. The Bertz CT molecular complexity index is 797. The van der Waals surface area contributed by atoms with Crippen LogP contribution in [0.5, 0.6) is 11.5 Å². The third kappa shape index (κ3) is 5.89. The molecule has 1 aliphatic rings. The Morgan fingerprint density at radius 2 is 1.72 bits per heavy atom. The molecule has 2 atom stereocenters. The molecule has 5 heteroatoms. The summed E-state index contributed by atoms with van der Waals surface area (Å²) in [6, 6.07) is 3.70. The Morgan fingerprint density at radius 1 is 1.14 bits per heavy atom. The minimum atomic E-state index is -0.449. The number of rotatable bonds is 9. The van der Waals surface area contributed by atoms with Gasteiger partial charge in [-0.15, -0.1) is 0 Å². The fourth-order valence-corrected chi connectivity index (χ4v) is 3.88. The van der Waals surface area contributed by atoms with E-state index in [1.54, 1.807) is 0 Å². The Hall–Kier alpha value is -2.69. The molecule has 1 aliphatic carbocycles. The Balaban J connectivity index is 2.62. The molecule has 0 spiro atoms. The first-order chi connectivity index (χ1) is 13.8. The van der Waals surface area contributed by atoms with Crippen LogP contribution in [0.4, 0.5) is 0 Å². The highest BCUT2D eigenvalue weighted by atomic mass is 16.5. The van der Waals surface area contributed by atoms with Crippen molar-refractivity contribution in [3.63, 3.8) is 0 Å². The number of benzene rings is 1. The molecule has 29 heavy (non-hydrogen) atoms. The van der Waals surface area contributed by atoms with Gasteiger partial charge in [-0.3, -0.25) is 14.4 Å². The fourth-order valence-electron chi connectivity index (χ4n) is 3.88. The number of aldehydes is 1. The van der Waals surface area contributed by atoms with Gasteiger partial charge < -0.3 is 9.47 Å². The van der Waals surface area contributed by atoms with Crippen molar-refractivity contribution in [2.75, 3.05) is 0 Å². The molecule has 0 fully saturated rings. The van der Waals surface area contributed by atoms with Gasteiger partial charge in [0.15, 0.2) is 0 Å². The summed E-state index contributed by atoms with van der Waals surface area (Å²) in [4.78, 5) is 35.0. The first-order valence-electron chi connectivity index (χ1n) is 10.1. The van der Waals surface area contributed by atoms with E-state index in [0.29, 0.717) is 29.1 Å². The first kappa shape index (κ1) is 22.6. The average Bonchev–Trinajstić information content (AvgIpc) is 3.01. The van der Waals surface area contributed by atoms with E-state index in [-0.39, 0.29) is 11.8 Å². The molecule has 0 N–H and O–H groups in total. The molecule has 1 aromatic rings. The van der Waals surface area contributed by atoms with Crippen molar-refractivity contribution in [2.24, 2.45) is 5.92 Å². The number of unbranched alkanes of at least 4 members (excludes halogenated alkanes) is 2. The Labute approximate surface area is 172 Å². The molecule has 0 aromatic heterocycles. The summed E-state index contributed by atoms with van der Waals surface area (Å²) in [5, 5.41) is 0. The molecule has 0 heterocycles. The van der Waals surface area contributed by atoms with Crippen LogP contribution in [-0.4, -0.2) is 18.2 Å². The van der Waals surface area contributed by atoms with Crippen LogP contribution in [0.1, 0.15) is 70.4 Å². The molecular formula is C24H30O5. The minimum absolute atomic E-state index is 0.165. The van der Waals surface area contributed by atoms with E-state index >= 15 is 0 Å². The van der Waals surface area contributed by atoms with Gasteiger partial charge in [0, 0.05) is 31.2 Å². The van der Waals surface area contributed by atoms with Crippen LogP contribution in [0.2, 0.25) is 0 Å². The standard InChI is InChI=1S/C24H30O5/c1-6-7-8-9-19-12-22(28-17(4)26)24(23(13-19)29-18(5)27)21-11-15(2)10-20(21)16(3)14-25/h11-14,20-21H,3,6-10H2,1-2,4-5H3/t20-,21+/m0/s1. The van der Waals surface area contributed by atoms with E-state index in [9.17, 15) is 14.4 Å². The van der Waals surface area contributed by atoms with Gasteiger partial charge in [-0.05, 0) is 49.5 Å². The number of carbonyl (C=O) groups excluding carboxylic acids is 3. The van der Waals surface area contributed by atoms with Gasteiger partial charge in [-0.1, -0.05) is 38.0 Å². The molecule has 5 nitrogen and oxygen atoms in total. The van der Waals surface area contributed by atoms with Crippen molar-refractivity contribution in [3.05, 3.63) is 47.1 Å². The molecule has 0 bridgehead atoms. The molecular weight excluding hydrogens is 368 g/mol. The van der Waals surface area contributed by atoms with Crippen molar-refractivity contribution >= 4 is 18.2 Å². The quantitative estimate of drug-likeness (QED) is 0.145. The van der Waals surface area contributed by atoms with Gasteiger partial charge in [-0.2, -0.15) is 0 Å². The van der Waals surface area contributed by atoms with E-state index in [2.05, 4.69) is 13.5 Å². The second-order valence-corrected chi connectivity index (χ2v) is 7.69. The molecule has 156 valence electrons. The highest BCUT2D eigenvalue weighted by Crippen LogP contribution is 2.48. The van der Waals surface area contributed by atoms with E-state index in [4.69, 9.17) is 9.47 Å². The third-order valence-electron chi connectivity index (χ3n) is 5.14. The van der Waals surface area contributed by atoms with Crippen LogP contribution in [0.3, 0.4) is 0 Å². The summed E-state index contributed by atoms with van der Waals surface area (Å²) < 4.78 is 11.1. The minimum Gasteiger partial charge on any atom is -0.426 e. The van der Waals surface area contributed by atoms with Crippen molar-refractivity contribution in [1.29, 1.82) is 0 Å². The van der Waals surface area contributed by atoms with Crippen LogP contribution in [0.25, 0.3) is 0 Å². The molecule has 0 radical (unpaired) electrons. The van der Waals surface area contributed by atoms with Gasteiger partial charge in [0.1, 0.15) is 17.8 Å². The van der Waals surface area contributed by atoms with E-state index in [1.165, 1.54) is 13.8 Å². The molecule has 0 saturated carbocycles. The van der Waals surface area contributed by atoms with Crippen LogP contribution in [0, 0.1) is 5.92 Å². The van der Waals surface area contributed by atoms with Gasteiger partial charge in [0.2, 0.25) is 0 Å². The summed E-state index contributed by atoms with van der Waals surface area (Å²) in [6.07, 6.45) is 7.43. The number of ether oxygens (including phenoxy) is 2. The van der Waals surface area contributed by atoms with Gasteiger partial charge in [-0.25, -0.2) is 0 Å². The zero-order valence-electron chi connectivity index (χ0n) is 17.7. The predicted molar refractivity (Wildman–Crippen MR) is 112 cm³/mol. The van der Waals surface area contributed by atoms with Crippen molar-refractivity contribution in [1.82, 2.24) is 0 Å². The number of allylic oxidation sites excluding steroid dienone is 3. The lowest BCUT2D eigenvalue weighted by Gasteiger charge is -2.24. The lowest BCUT2D eigenvalue weighted by atomic mass is 9.83. The number of hydrogen-bond donors (Lipinski definition) is 0. The fraction of sp³-hybridized carbons (Fsp3) is 0.458. The van der Waals surface area contributed by atoms with Crippen molar-refractivity contribution < 1.29 is 23.9 Å². The molecule has 2 rings (SSSR count). The van der Waals surface area contributed by atoms with Crippen LogP contribution < -0.4 is 9.47 Å². The zero-order chi connectivity index (χ0) is 21.6. The molecule has 0 aliphatic heterocycles. The summed E-state index contributed by atoms with van der Waals surface area (Å²) in [7, 11) is 0. The topological polar surface area (TPSA) is 69.7 Å². The van der Waals surface area contributed by atoms with Gasteiger partial charge >= 0.3 is 11.9 Å². The van der Waals surface area contributed by atoms with Crippen molar-refractivity contribution in [2.45, 2.75) is 65.7 Å². The van der Waals surface area contributed by atoms with E-state index in [0.717, 1.165) is 43.1 Å². The van der Waals surface area contributed by atoms with Gasteiger partial charge in [0.05, 0.1) is 0 Å². The predicted octanol–water partition coefficient (Wildman–Crippen LogP) is 5.07. The van der Waals surface area contributed by atoms with Crippen LogP contribution >= 0.6 is 0 Å². The Morgan fingerprint density at radius 3 is 2.21 bits per heavy atom. The molecule has 0 unspecified atom stereocenters. The third-order valence-corrected chi connectivity index (χ3v) is 5.14. The second-order valence-electron chi connectivity index (χ2n) is 7.69. The second kappa shape index (κ2) is 10.2. The highest BCUT2D eigenvalue weighted by Gasteiger charge is 2.34. The maximum absolute atomic E-state index is 11.8. The van der Waals surface area contributed by atoms with Crippen LogP contribution in [-0.2, 0) is 20.8 Å². The van der Waals surface area contributed by atoms with E-state index < -0.39 is 11.9 Å². The normalized spacial score (nSPS) is 18.1. The van der Waals surface area contributed by atoms with Gasteiger partial charge in [0.25, 0.3) is 0 Å². The maximum Gasteiger partial charge on any atom is 0.308 e. The van der Waals surface area contributed by atoms with Crippen LogP contribution in [0.15, 0.2) is 35.9 Å². The number of carbonyl (C=O) groups is 3. The first-order valence-corrected chi connectivity index (χ1v) is 10.1. The molecule has 0 amide bonds. The highest BCUT2D eigenvalue weighted by molar-refractivity contribution is 5.76. The average molecular weight is 398 g/mol. The largest absolute Gasteiger partial charge is 0.426 e. The lowest BCUT2D eigenvalue weighted by Crippen LogP contribution is -2.16. The Kier molecular flexibility index (Phi) is 7.94. The van der Waals surface area contributed by atoms with Crippen molar-refractivity contribution in [3.8, 4) is 11.5 Å². The number of esters is 2. The SMILES string of the molecule is C=C(C=O)[C@@H]1CC(C)=C[C@H]1c1c(OC(C)=O)cc(CCCCC)cc1OC(C)=O. The molecule has 1 aromatic carbocycles.